The molecule has 0 N–H and O–H groups in total. The Morgan fingerprint density at radius 2 is 1.83 bits per heavy atom. The zero-order valence-electron chi connectivity index (χ0n) is 15.7. The average molecular weight is 331 g/mol. The second kappa shape index (κ2) is 8.38. The van der Waals surface area contributed by atoms with E-state index in [0.717, 1.165) is 36.5 Å². The van der Waals surface area contributed by atoms with Crippen molar-refractivity contribution in [3.8, 4) is 5.75 Å². The standard InChI is InChI=1S/C22H34O2/c1-4-16(3)18-8-10-21(11-9-18)24-22(5-2)23-13-12-20-15-17-6-7-19(20)14-17/h8-11,16-17,19-20,22H,4-7,12-15H2,1-3H3. The van der Waals surface area contributed by atoms with Gasteiger partial charge < -0.3 is 9.47 Å². The van der Waals surface area contributed by atoms with E-state index in [1.165, 1.54) is 44.1 Å². The first-order valence-electron chi connectivity index (χ1n) is 10.1. The van der Waals surface area contributed by atoms with Gasteiger partial charge in [0, 0.05) is 6.42 Å². The highest BCUT2D eigenvalue weighted by Crippen LogP contribution is 2.49. The Hall–Kier alpha value is -1.02. The smallest absolute Gasteiger partial charge is 0.199 e. The lowest BCUT2D eigenvalue weighted by Gasteiger charge is -2.23. The maximum Gasteiger partial charge on any atom is 0.199 e. The third kappa shape index (κ3) is 4.33. The van der Waals surface area contributed by atoms with Crippen LogP contribution in [-0.2, 0) is 4.74 Å². The molecule has 2 fully saturated rings. The van der Waals surface area contributed by atoms with Crippen molar-refractivity contribution in [3.63, 3.8) is 0 Å². The minimum absolute atomic E-state index is 0.113. The molecule has 24 heavy (non-hydrogen) atoms. The van der Waals surface area contributed by atoms with Crippen LogP contribution in [0.2, 0.25) is 0 Å². The lowest BCUT2D eigenvalue weighted by molar-refractivity contribution is -0.0861. The summed E-state index contributed by atoms with van der Waals surface area (Å²) in [7, 11) is 0. The minimum Gasteiger partial charge on any atom is -0.465 e. The molecule has 0 aromatic heterocycles. The van der Waals surface area contributed by atoms with Crippen molar-refractivity contribution in [1.82, 2.24) is 0 Å². The van der Waals surface area contributed by atoms with Crippen LogP contribution >= 0.6 is 0 Å². The van der Waals surface area contributed by atoms with Crippen LogP contribution in [0.1, 0.15) is 77.2 Å². The Labute approximate surface area is 147 Å². The molecule has 2 saturated carbocycles. The van der Waals surface area contributed by atoms with Gasteiger partial charge in [-0.15, -0.1) is 0 Å². The Balaban J connectivity index is 1.42. The van der Waals surface area contributed by atoms with E-state index in [-0.39, 0.29) is 6.29 Å². The first-order valence-corrected chi connectivity index (χ1v) is 10.1. The molecule has 2 aliphatic carbocycles. The van der Waals surface area contributed by atoms with Crippen molar-refractivity contribution in [2.24, 2.45) is 17.8 Å². The van der Waals surface area contributed by atoms with Gasteiger partial charge in [0.2, 0.25) is 0 Å². The van der Waals surface area contributed by atoms with Crippen LogP contribution in [0.5, 0.6) is 5.75 Å². The quantitative estimate of drug-likeness (QED) is 0.505. The number of hydrogen-bond donors (Lipinski definition) is 0. The Kier molecular flexibility index (Phi) is 6.21. The van der Waals surface area contributed by atoms with Gasteiger partial charge in [-0.2, -0.15) is 0 Å². The first-order chi connectivity index (χ1) is 11.7. The molecular weight excluding hydrogens is 296 g/mol. The zero-order chi connectivity index (χ0) is 16.9. The fraction of sp³-hybridized carbons (Fsp3) is 0.727. The Morgan fingerprint density at radius 3 is 2.42 bits per heavy atom. The molecule has 1 aromatic rings. The highest BCUT2D eigenvalue weighted by atomic mass is 16.7. The van der Waals surface area contributed by atoms with E-state index in [4.69, 9.17) is 9.47 Å². The van der Waals surface area contributed by atoms with E-state index in [1.807, 2.05) is 0 Å². The molecule has 0 saturated heterocycles. The number of hydrogen-bond acceptors (Lipinski definition) is 2. The van der Waals surface area contributed by atoms with Gasteiger partial charge in [0.1, 0.15) is 5.75 Å². The summed E-state index contributed by atoms with van der Waals surface area (Å²) in [5.74, 6) is 4.47. The summed E-state index contributed by atoms with van der Waals surface area (Å²) < 4.78 is 12.1. The summed E-state index contributed by atoms with van der Waals surface area (Å²) in [4.78, 5) is 0. The second-order valence-corrected chi connectivity index (χ2v) is 7.93. The van der Waals surface area contributed by atoms with Gasteiger partial charge in [0.15, 0.2) is 6.29 Å². The van der Waals surface area contributed by atoms with E-state index in [2.05, 4.69) is 45.0 Å². The van der Waals surface area contributed by atoms with Gasteiger partial charge in [-0.05, 0) is 73.5 Å². The topological polar surface area (TPSA) is 18.5 Å². The number of benzene rings is 1. The molecule has 3 rings (SSSR count). The monoisotopic (exact) mass is 330 g/mol. The molecule has 134 valence electrons. The van der Waals surface area contributed by atoms with Crippen molar-refractivity contribution in [3.05, 3.63) is 29.8 Å². The van der Waals surface area contributed by atoms with Crippen molar-refractivity contribution in [2.75, 3.05) is 6.61 Å². The molecule has 0 aliphatic heterocycles. The molecule has 0 heterocycles. The largest absolute Gasteiger partial charge is 0.465 e. The maximum absolute atomic E-state index is 6.04. The molecule has 0 radical (unpaired) electrons. The SMILES string of the molecule is CCC(OCCC1CC2CCC1C2)Oc1ccc(C(C)CC)cc1. The Morgan fingerprint density at radius 1 is 1.04 bits per heavy atom. The van der Waals surface area contributed by atoms with Gasteiger partial charge in [0.05, 0.1) is 6.61 Å². The summed E-state index contributed by atoms with van der Waals surface area (Å²) >= 11 is 0. The molecule has 2 bridgehead atoms. The molecule has 1 aromatic carbocycles. The molecule has 0 spiro atoms. The number of rotatable bonds is 9. The lowest BCUT2D eigenvalue weighted by atomic mass is 9.87. The van der Waals surface area contributed by atoms with Crippen molar-refractivity contribution >= 4 is 0 Å². The van der Waals surface area contributed by atoms with E-state index >= 15 is 0 Å². The summed E-state index contributed by atoms with van der Waals surface area (Å²) in [6, 6.07) is 8.55. The van der Waals surface area contributed by atoms with Crippen molar-refractivity contribution in [1.29, 1.82) is 0 Å². The van der Waals surface area contributed by atoms with Crippen LogP contribution in [-0.4, -0.2) is 12.9 Å². The highest BCUT2D eigenvalue weighted by Gasteiger charge is 2.38. The molecule has 2 heteroatoms. The van der Waals surface area contributed by atoms with E-state index in [0.29, 0.717) is 5.92 Å². The van der Waals surface area contributed by atoms with Crippen LogP contribution in [0.4, 0.5) is 0 Å². The summed E-state index contributed by atoms with van der Waals surface area (Å²) in [6.45, 7) is 7.47. The van der Waals surface area contributed by atoms with Gasteiger partial charge in [0.25, 0.3) is 0 Å². The van der Waals surface area contributed by atoms with Crippen molar-refractivity contribution in [2.45, 2.75) is 77.9 Å². The van der Waals surface area contributed by atoms with Gasteiger partial charge >= 0.3 is 0 Å². The van der Waals surface area contributed by atoms with Crippen molar-refractivity contribution < 1.29 is 9.47 Å². The summed E-state index contributed by atoms with van der Waals surface area (Å²) in [5.41, 5.74) is 1.38. The van der Waals surface area contributed by atoms with Gasteiger partial charge in [-0.25, -0.2) is 0 Å². The average Bonchev–Trinajstić information content (AvgIpc) is 3.24. The highest BCUT2D eigenvalue weighted by molar-refractivity contribution is 5.29. The fourth-order valence-corrected chi connectivity index (χ4v) is 4.58. The molecule has 5 unspecified atom stereocenters. The van der Waals surface area contributed by atoms with E-state index < -0.39 is 0 Å². The normalized spacial score (nSPS) is 28.0. The van der Waals surface area contributed by atoms with Crippen LogP contribution in [0.3, 0.4) is 0 Å². The van der Waals surface area contributed by atoms with Gasteiger partial charge in [-0.3, -0.25) is 0 Å². The summed E-state index contributed by atoms with van der Waals surface area (Å²) in [6.07, 6.45) is 9.05. The minimum atomic E-state index is -0.113. The first kappa shape index (κ1) is 17.8. The number of fused-ring (bicyclic) bond motifs is 2. The molecule has 2 aliphatic rings. The zero-order valence-corrected chi connectivity index (χ0v) is 15.7. The second-order valence-electron chi connectivity index (χ2n) is 7.93. The van der Waals surface area contributed by atoms with Crippen LogP contribution in [0.15, 0.2) is 24.3 Å². The third-order valence-corrected chi connectivity index (χ3v) is 6.34. The summed E-state index contributed by atoms with van der Waals surface area (Å²) in [5, 5.41) is 0. The molecule has 0 amide bonds. The molecule has 2 nitrogen and oxygen atoms in total. The van der Waals surface area contributed by atoms with E-state index in [9.17, 15) is 0 Å². The number of ether oxygens (including phenoxy) is 2. The predicted octanol–water partition coefficient (Wildman–Crippen LogP) is 6.16. The van der Waals surface area contributed by atoms with Crippen LogP contribution in [0, 0.1) is 17.8 Å². The van der Waals surface area contributed by atoms with E-state index in [1.54, 1.807) is 0 Å². The molecular formula is C22H34O2. The van der Waals surface area contributed by atoms with Crippen LogP contribution < -0.4 is 4.74 Å². The maximum atomic E-state index is 6.04. The third-order valence-electron chi connectivity index (χ3n) is 6.34. The predicted molar refractivity (Wildman–Crippen MR) is 99.4 cm³/mol. The molecule has 5 atom stereocenters. The Bertz CT molecular complexity index is 495. The fourth-order valence-electron chi connectivity index (χ4n) is 4.58. The lowest BCUT2D eigenvalue weighted by Crippen LogP contribution is -2.22. The van der Waals surface area contributed by atoms with Crippen LogP contribution in [0.25, 0.3) is 0 Å². The van der Waals surface area contributed by atoms with Gasteiger partial charge in [-0.1, -0.05) is 39.3 Å².